The molecular formula is C28H34N8O3. The first kappa shape index (κ1) is 25.2. The Bertz CT molecular complexity index is 1400. The maximum atomic E-state index is 11.8. The largest absolute Gasteiger partial charge is 0.465 e. The van der Waals surface area contributed by atoms with Crippen molar-refractivity contribution in [2.45, 2.75) is 44.3 Å². The van der Waals surface area contributed by atoms with Crippen molar-refractivity contribution in [2.24, 2.45) is 0 Å². The number of likely N-dealkylation sites (N-methyl/N-ethyl adjacent to an activating group) is 1. The van der Waals surface area contributed by atoms with Gasteiger partial charge in [0.25, 0.3) is 0 Å². The Morgan fingerprint density at radius 1 is 1.13 bits per heavy atom. The number of nitrogens with zero attached hydrogens (tertiary/aromatic N) is 8. The summed E-state index contributed by atoms with van der Waals surface area (Å²) in [5.41, 5.74) is 3.16. The zero-order chi connectivity index (χ0) is 26.9. The van der Waals surface area contributed by atoms with E-state index in [9.17, 15) is 15.2 Å². The van der Waals surface area contributed by atoms with E-state index in [1.807, 2.05) is 0 Å². The van der Waals surface area contributed by atoms with E-state index >= 15 is 0 Å². The number of anilines is 2. The molecule has 2 saturated heterocycles. The number of piperazine rings is 1. The van der Waals surface area contributed by atoms with Gasteiger partial charge in [-0.1, -0.05) is 6.07 Å². The van der Waals surface area contributed by atoms with Crippen LogP contribution in [0.3, 0.4) is 0 Å². The standard InChI is InChI=1S/C28H34N8O3/c1-32-12-3-7-22(32)19-39-27-30-24-18-33(25-8-2-5-20-6-4-13-35(20)25)14-10-23(24)26(31-27)34-15-16-36(28(37)38)21(17-34)9-11-29/h2,4-6,8,13,21-22H,3,7,9-10,12,14-19H2,1H3,(H,37,38). The summed E-state index contributed by atoms with van der Waals surface area (Å²) in [7, 11) is 2.12. The fourth-order valence-corrected chi connectivity index (χ4v) is 6.16. The minimum Gasteiger partial charge on any atom is -0.465 e. The molecule has 0 bridgehead atoms. The van der Waals surface area contributed by atoms with Crippen LogP contribution in [-0.4, -0.2) is 93.8 Å². The van der Waals surface area contributed by atoms with Crippen LogP contribution in [-0.2, 0) is 13.0 Å². The molecule has 0 spiro atoms. The van der Waals surface area contributed by atoms with Gasteiger partial charge in [-0.25, -0.2) is 4.79 Å². The fourth-order valence-electron chi connectivity index (χ4n) is 6.16. The number of rotatable bonds is 6. The van der Waals surface area contributed by atoms with Gasteiger partial charge in [-0.3, -0.25) is 0 Å². The summed E-state index contributed by atoms with van der Waals surface area (Å²) in [6, 6.07) is 12.9. The molecule has 2 unspecified atom stereocenters. The molecule has 1 N–H and O–H groups in total. The van der Waals surface area contributed by atoms with Crippen LogP contribution in [0.4, 0.5) is 16.4 Å². The van der Waals surface area contributed by atoms with Crippen LogP contribution < -0.4 is 14.5 Å². The summed E-state index contributed by atoms with van der Waals surface area (Å²) in [4.78, 5) is 29.8. The highest BCUT2D eigenvalue weighted by Gasteiger charge is 2.34. The summed E-state index contributed by atoms with van der Waals surface area (Å²) in [5.74, 6) is 1.92. The number of carbonyl (C=O) groups is 1. The normalized spacial score (nSPS) is 21.7. The number of carboxylic acid groups (broad SMARTS) is 1. The Morgan fingerprint density at radius 3 is 2.79 bits per heavy atom. The first-order valence-corrected chi connectivity index (χ1v) is 13.7. The van der Waals surface area contributed by atoms with Gasteiger partial charge in [0.2, 0.25) is 0 Å². The number of hydrogen-bond acceptors (Lipinski definition) is 8. The number of amides is 1. The summed E-state index contributed by atoms with van der Waals surface area (Å²) in [6.45, 7) is 4.28. The zero-order valence-electron chi connectivity index (χ0n) is 22.2. The first-order chi connectivity index (χ1) is 19.0. The molecule has 0 aliphatic carbocycles. The highest BCUT2D eigenvalue weighted by Crippen LogP contribution is 2.33. The lowest BCUT2D eigenvalue weighted by molar-refractivity contribution is 0.119. The Labute approximate surface area is 227 Å². The average molecular weight is 531 g/mol. The van der Waals surface area contributed by atoms with Gasteiger partial charge >= 0.3 is 12.1 Å². The first-order valence-electron chi connectivity index (χ1n) is 13.7. The van der Waals surface area contributed by atoms with Crippen LogP contribution in [0.15, 0.2) is 36.5 Å². The molecular weight excluding hydrogens is 496 g/mol. The predicted molar refractivity (Wildman–Crippen MR) is 146 cm³/mol. The van der Waals surface area contributed by atoms with Gasteiger partial charge in [-0.05, 0) is 57.1 Å². The lowest BCUT2D eigenvalue weighted by Gasteiger charge is -2.41. The van der Waals surface area contributed by atoms with E-state index in [1.54, 1.807) is 0 Å². The van der Waals surface area contributed by atoms with Gasteiger partial charge in [0, 0.05) is 49.5 Å². The molecule has 2 fully saturated rings. The minimum absolute atomic E-state index is 0.141. The second-order valence-corrected chi connectivity index (χ2v) is 10.6. The van der Waals surface area contributed by atoms with Crippen LogP contribution in [0.25, 0.3) is 5.52 Å². The molecule has 0 aromatic carbocycles. The smallest absolute Gasteiger partial charge is 0.407 e. The van der Waals surface area contributed by atoms with E-state index in [4.69, 9.17) is 14.7 Å². The highest BCUT2D eigenvalue weighted by molar-refractivity contribution is 5.66. The molecule has 11 heteroatoms. The van der Waals surface area contributed by atoms with E-state index in [-0.39, 0.29) is 6.42 Å². The topological polar surface area (TPSA) is 113 Å². The van der Waals surface area contributed by atoms with Crippen LogP contribution in [0, 0.1) is 11.3 Å². The van der Waals surface area contributed by atoms with Gasteiger partial charge < -0.3 is 33.8 Å². The van der Waals surface area contributed by atoms with Crippen molar-refractivity contribution in [3.8, 4) is 12.1 Å². The zero-order valence-corrected chi connectivity index (χ0v) is 22.2. The van der Waals surface area contributed by atoms with Crippen LogP contribution >= 0.6 is 0 Å². The minimum atomic E-state index is -0.987. The van der Waals surface area contributed by atoms with Gasteiger partial charge in [0.05, 0.1) is 30.8 Å². The molecule has 0 radical (unpaired) electrons. The molecule has 6 heterocycles. The van der Waals surface area contributed by atoms with E-state index in [1.165, 1.54) is 4.90 Å². The number of likely N-dealkylation sites (tertiary alicyclic amines) is 1. The maximum absolute atomic E-state index is 11.8. The molecule has 3 aliphatic rings. The number of hydrogen-bond donors (Lipinski definition) is 1. The summed E-state index contributed by atoms with van der Waals surface area (Å²) < 4.78 is 8.41. The van der Waals surface area contributed by atoms with Gasteiger partial charge in [-0.2, -0.15) is 15.2 Å². The molecule has 39 heavy (non-hydrogen) atoms. The quantitative estimate of drug-likeness (QED) is 0.514. The lowest BCUT2D eigenvalue weighted by atomic mass is 10.0. The number of ether oxygens (including phenoxy) is 1. The molecule has 3 aliphatic heterocycles. The SMILES string of the molecule is CN1CCCC1COc1nc2c(c(N3CCN(C(=O)O)C(CC#N)C3)n1)CCN(c1cccc3cccn13)C2. The maximum Gasteiger partial charge on any atom is 0.407 e. The van der Waals surface area contributed by atoms with E-state index in [2.05, 4.69) is 68.7 Å². The number of pyridine rings is 1. The Morgan fingerprint density at radius 2 is 2.00 bits per heavy atom. The lowest BCUT2D eigenvalue weighted by Crippen LogP contribution is -2.55. The van der Waals surface area contributed by atoms with E-state index in [0.29, 0.717) is 44.8 Å². The van der Waals surface area contributed by atoms with Crippen molar-refractivity contribution in [1.82, 2.24) is 24.2 Å². The molecule has 204 valence electrons. The van der Waals surface area contributed by atoms with Crippen molar-refractivity contribution >= 4 is 23.2 Å². The number of aromatic nitrogens is 3. The van der Waals surface area contributed by atoms with Crippen molar-refractivity contribution < 1.29 is 14.6 Å². The average Bonchev–Trinajstić information content (AvgIpc) is 3.59. The van der Waals surface area contributed by atoms with Gasteiger partial charge in [0.15, 0.2) is 0 Å². The molecule has 3 aromatic heterocycles. The van der Waals surface area contributed by atoms with Crippen LogP contribution in [0.1, 0.15) is 30.5 Å². The Balaban J connectivity index is 1.32. The molecule has 0 saturated carbocycles. The summed E-state index contributed by atoms with van der Waals surface area (Å²) >= 11 is 0. The van der Waals surface area contributed by atoms with E-state index < -0.39 is 12.1 Å². The Hall–Kier alpha value is -4.04. The van der Waals surface area contributed by atoms with Gasteiger partial charge in [0.1, 0.15) is 18.2 Å². The fraction of sp³-hybridized carbons (Fsp3) is 0.500. The van der Waals surface area contributed by atoms with E-state index in [0.717, 1.165) is 60.8 Å². The number of nitriles is 1. The molecule has 3 aromatic rings. The summed E-state index contributed by atoms with van der Waals surface area (Å²) in [5, 5.41) is 19.0. The molecule has 6 rings (SSSR count). The Kier molecular flexibility index (Phi) is 6.87. The molecule has 1 amide bonds. The van der Waals surface area contributed by atoms with Crippen LogP contribution in [0.2, 0.25) is 0 Å². The monoisotopic (exact) mass is 530 g/mol. The van der Waals surface area contributed by atoms with Crippen molar-refractivity contribution in [1.29, 1.82) is 5.26 Å². The van der Waals surface area contributed by atoms with Crippen molar-refractivity contribution in [3.05, 3.63) is 47.8 Å². The third-order valence-corrected chi connectivity index (χ3v) is 8.32. The predicted octanol–water partition coefficient (Wildman–Crippen LogP) is 2.85. The third-order valence-electron chi connectivity index (χ3n) is 8.32. The number of fused-ring (bicyclic) bond motifs is 2. The highest BCUT2D eigenvalue weighted by atomic mass is 16.5. The van der Waals surface area contributed by atoms with Crippen molar-refractivity contribution in [2.75, 3.05) is 56.2 Å². The van der Waals surface area contributed by atoms with Crippen molar-refractivity contribution in [3.63, 3.8) is 0 Å². The van der Waals surface area contributed by atoms with Gasteiger partial charge in [-0.15, -0.1) is 0 Å². The third kappa shape index (κ3) is 4.92. The second kappa shape index (κ2) is 10.6. The second-order valence-electron chi connectivity index (χ2n) is 10.6. The molecule has 11 nitrogen and oxygen atoms in total. The van der Waals surface area contributed by atoms with Crippen LogP contribution in [0.5, 0.6) is 6.01 Å². The molecule has 2 atom stereocenters. The summed E-state index contributed by atoms with van der Waals surface area (Å²) in [6.07, 6.45) is 4.25.